The molecule has 2 rings (SSSR count). The molecule has 0 aliphatic carbocycles. The maximum Gasteiger partial charge on any atom is 0.160 e. The van der Waals surface area contributed by atoms with Gasteiger partial charge in [0.25, 0.3) is 0 Å². The highest BCUT2D eigenvalue weighted by Crippen LogP contribution is 2.11. The van der Waals surface area contributed by atoms with Crippen LogP contribution in [0, 0.1) is 6.92 Å². The van der Waals surface area contributed by atoms with E-state index >= 15 is 0 Å². The van der Waals surface area contributed by atoms with Gasteiger partial charge < -0.3 is 5.73 Å². The van der Waals surface area contributed by atoms with Gasteiger partial charge in [-0.1, -0.05) is 6.07 Å². The van der Waals surface area contributed by atoms with E-state index in [0.717, 1.165) is 17.0 Å². The Morgan fingerprint density at radius 1 is 1.38 bits per heavy atom. The van der Waals surface area contributed by atoms with Crippen LogP contribution in [0.3, 0.4) is 0 Å². The summed E-state index contributed by atoms with van der Waals surface area (Å²) in [5, 5.41) is 7.96. The van der Waals surface area contributed by atoms with Gasteiger partial charge in [-0.3, -0.25) is 4.40 Å². The van der Waals surface area contributed by atoms with Crippen molar-refractivity contribution in [3.63, 3.8) is 0 Å². The molecule has 4 nitrogen and oxygen atoms in total. The maximum atomic E-state index is 5.77. The summed E-state index contributed by atoms with van der Waals surface area (Å²) in [5.74, 6) is 0.887. The number of aromatic nitrogens is 3. The van der Waals surface area contributed by atoms with E-state index in [0.29, 0.717) is 0 Å². The Morgan fingerprint density at radius 3 is 2.85 bits per heavy atom. The normalized spacial score (nSPS) is 13.5. The number of hydrogen-bond donors (Lipinski definition) is 1. The van der Waals surface area contributed by atoms with Crippen LogP contribution in [0.15, 0.2) is 18.3 Å². The molecule has 0 fully saturated rings. The van der Waals surface area contributed by atoms with E-state index < -0.39 is 0 Å². The summed E-state index contributed by atoms with van der Waals surface area (Å²) >= 11 is 0. The molecule has 0 aromatic carbocycles. The zero-order valence-corrected chi connectivity index (χ0v) is 7.73. The third-order valence-electron chi connectivity index (χ3n) is 2.12. The minimum Gasteiger partial charge on any atom is -0.324 e. The topological polar surface area (TPSA) is 56.2 Å². The predicted octanol–water partition coefficient (Wildman–Crippen LogP) is 1.06. The molecule has 2 aromatic rings. The average Bonchev–Trinajstić information content (AvgIpc) is 2.47. The van der Waals surface area contributed by atoms with E-state index in [1.165, 1.54) is 0 Å². The molecule has 0 aliphatic rings. The number of nitrogens with zero attached hydrogens (tertiary/aromatic N) is 3. The Balaban J connectivity index is 2.66. The Bertz CT molecular complexity index is 430. The minimum absolute atomic E-state index is 0.0474. The second-order valence-corrected chi connectivity index (χ2v) is 3.23. The van der Waals surface area contributed by atoms with Crippen LogP contribution in [-0.4, -0.2) is 14.6 Å². The molecule has 1 unspecified atom stereocenters. The van der Waals surface area contributed by atoms with Gasteiger partial charge in [-0.25, -0.2) is 0 Å². The molecule has 0 spiro atoms. The lowest BCUT2D eigenvalue weighted by Crippen LogP contribution is -2.06. The third kappa shape index (κ3) is 1.29. The first kappa shape index (κ1) is 8.19. The molecular formula is C9H12N4. The maximum absolute atomic E-state index is 5.77. The zero-order chi connectivity index (χ0) is 9.42. The quantitative estimate of drug-likeness (QED) is 0.706. The molecule has 0 radical (unpaired) electrons. The second-order valence-electron chi connectivity index (χ2n) is 3.23. The highest BCUT2D eigenvalue weighted by molar-refractivity contribution is 5.39. The molecule has 2 N–H and O–H groups in total. The van der Waals surface area contributed by atoms with E-state index in [-0.39, 0.29) is 6.04 Å². The highest BCUT2D eigenvalue weighted by Gasteiger charge is 2.03. The molecule has 13 heavy (non-hydrogen) atoms. The SMILES string of the molecule is Cc1nnc2ccc(C(C)N)cn12. The summed E-state index contributed by atoms with van der Waals surface area (Å²) in [5.41, 5.74) is 7.73. The van der Waals surface area contributed by atoms with Crippen molar-refractivity contribution in [3.8, 4) is 0 Å². The van der Waals surface area contributed by atoms with Gasteiger partial charge >= 0.3 is 0 Å². The lowest BCUT2D eigenvalue weighted by molar-refractivity contribution is 0.806. The van der Waals surface area contributed by atoms with Gasteiger partial charge in [0, 0.05) is 12.2 Å². The van der Waals surface area contributed by atoms with E-state index in [9.17, 15) is 0 Å². The first-order valence-corrected chi connectivity index (χ1v) is 4.25. The number of aryl methyl sites for hydroxylation is 1. The molecule has 2 aromatic heterocycles. The molecule has 68 valence electrons. The minimum atomic E-state index is 0.0474. The first-order chi connectivity index (χ1) is 6.18. The van der Waals surface area contributed by atoms with Crippen LogP contribution < -0.4 is 5.73 Å². The summed E-state index contributed by atoms with van der Waals surface area (Å²) in [6.07, 6.45) is 1.98. The fourth-order valence-electron chi connectivity index (χ4n) is 1.29. The van der Waals surface area contributed by atoms with Gasteiger partial charge in [0.2, 0.25) is 0 Å². The van der Waals surface area contributed by atoms with Gasteiger partial charge in [0.1, 0.15) is 5.82 Å². The summed E-state index contributed by atoms with van der Waals surface area (Å²) in [7, 11) is 0. The van der Waals surface area contributed by atoms with Crippen molar-refractivity contribution in [2.24, 2.45) is 5.73 Å². The number of pyridine rings is 1. The summed E-state index contributed by atoms with van der Waals surface area (Å²) in [4.78, 5) is 0. The van der Waals surface area contributed by atoms with Gasteiger partial charge in [0.15, 0.2) is 5.65 Å². The average molecular weight is 176 g/mol. The largest absolute Gasteiger partial charge is 0.324 e. The van der Waals surface area contributed by atoms with E-state index in [4.69, 9.17) is 5.73 Å². The predicted molar refractivity (Wildman–Crippen MR) is 50.3 cm³/mol. The summed E-state index contributed by atoms with van der Waals surface area (Å²) in [6, 6.07) is 3.96. The summed E-state index contributed by atoms with van der Waals surface area (Å²) in [6.45, 7) is 3.88. The molecule has 0 bridgehead atoms. The first-order valence-electron chi connectivity index (χ1n) is 4.25. The van der Waals surface area contributed by atoms with Crippen LogP contribution in [0.4, 0.5) is 0 Å². The van der Waals surface area contributed by atoms with Gasteiger partial charge in [-0.2, -0.15) is 0 Å². The number of rotatable bonds is 1. The van der Waals surface area contributed by atoms with Gasteiger partial charge in [-0.05, 0) is 25.5 Å². The van der Waals surface area contributed by atoms with Crippen molar-refractivity contribution in [2.45, 2.75) is 19.9 Å². The lowest BCUT2D eigenvalue weighted by Gasteiger charge is -2.05. The van der Waals surface area contributed by atoms with Crippen LogP contribution in [0.1, 0.15) is 24.4 Å². The van der Waals surface area contributed by atoms with Gasteiger partial charge in [-0.15, -0.1) is 10.2 Å². The molecule has 0 aliphatic heterocycles. The molecule has 0 saturated carbocycles. The van der Waals surface area contributed by atoms with Crippen LogP contribution in [0.5, 0.6) is 0 Å². The highest BCUT2D eigenvalue weighted by atomic mass is 15.2. The van der Waals surface area contributed by atoms with Crippen molar-refractivity contribution >= 4 is 5.65 Å². The fraction of sp³-hybridized carbons (Fsp3) is 0.333. The van der Waals surface area contributed by atoms with Crippen molar-refractivity contribution in [2.75, 3.05) is 0 Å². The van der Waals surface area contributed by atoms with Crippen molar-refractivity contribution < 1.29 is 0 Å². The van der Waals surface area contributed by atoms with Crippen molar-refractivity contribution in [1.82, 2.24) is 14.6 Å². The Hall–Kier alpha value is -1.42. The molecule has 4 heteroatoms. The van der Waals surface area contributed by atoms with Crippen LogP contribution >= 0.6 is 0 Å². The fourth-order valence-corrected chi connectivity index (χ4v) is 1.29. The Labute approximate surface area is 76.4 Å². The van der Waals surface area contributed by atoms with Crippen LogP contribution in [0.25, 0.3) is 5.65 Å². The standard InChI is InChI=1S/C9H12N4/c1-6(10)8-3-4-9-12-11-7(2)13(9)5-8/h3-6H,10H2,1-2H3. The van der Waals surface area contributed by atoms with Crippen molar-refractivity contribution in [1.29, 1.82) is 0 Å². The third-order valence-corrected chi connectivity index (χ3v) is 2.12. The monoisotopic (exact) mass is 176 g/mol. The zero-order valence-electron chi connectivity index (χ0n) is 7.73. The van der Waals surface area contributed by atoms with E-state index in [1.54, 1.807) is 0 Å². The summed E-state index contributed by atoms with van der Waals surface area (Å²) < 4.78 is 1.94. The van der Waals surface area contributed by atoms with Crippen molar-refractivity contribution in [3.05, 3.63) is 29.7 Å². The Kier molecular flexibility index (Phi) is 1.77. The van der Waals surface area contributed by atoms with Crippen LogP contribution in [0.2, 0.25) is 0 Å². The smallest absolute Gasteiger partial charge is 0.160 e. The molecular weight excluding hydrogens is 164 g/mol. The molecule has 0 amide bonds. The Morgan fingerprint density at radius 2 is 2.15 bits per heavy atom. The van der Waals surface area contributed by atoms with E-state index in [1.807, 2.05) is 36.6 Å². The molecule has 0 saturated heterocycles. The van der Waals surface area contributed by atoms with E-state index in [2.05, 4.69) is 10.2 Å². The lowest BCUT2D eigenvalue weighted by atomic mass is 10.1. The number of hydrogen-bond acceptors (Lipinski definition) is 3. The number of nitrogens with two attached hydrogens (primary N) is 1. The number of fused-ring (bicyclic) bond motifs is 1. The van der Waals surface area contributed by atoms with Gasteiger partial charge in [0.05, 0.1) is 0 Å². The second kappa shape index (κ2) is 2.81. The molecule has 2 heterocycles. The molecule has 1 atom stereocenters. The van der Waals surface area contributed by atoms with Crippen LogP contribution in [-0.2, 0) is 0 Å².